The SMILES string of the molecule is CC(=O)OC[C@H]1O[C@@H](CC(=O)/C=C/c2cccc([N+](=O)[O-])c2)[C@H](OC(C)=O)[C@@H](OC(C)=O)[C@@H]1OC(C)=O. The molecule has 37 heavy (non-hydrogen) atoms. The van der Waals surface area contributed by atoms with Crippen molar-refractivity contribution in [3.63, 3.8) is 0 Å². The van der Waals surface area contributed by atoms with E-state index in [1.807, 2.05) is 0 Å². The number of ether oxygens (including phenoxy) is 5. The molecule has 2 rings (SSSR count). The number of allylic oxidation sites excluding steroid dienone is 1. The maximum atomic E-state index is 12.8. The molecule has 13 heteroatoms. The van der Waals surface area contributed by atoms with E-state index in [0.717, 1.165) is 33.8 Å². The fourth-order valence-electron chi connectivity index (χ4n) is 3.68. The minimum absolute atomic E-state index is 0.158. The van der Waals surface area contributed by atoms with Gasteiger partial charge in [0.2, 0.25) is 0 Å². The molecule has 0 spiro atoms. The smallest absolute Gasteiger partial charge is 0.303 e. The maximum absolute atomic E-state index is 12.8. The molecule has 1 aromatic carbocycles. The van der Waals surface area contributed by atoms with Crippen molar-refractivity contribution in [1.82, 2.24) is 0 Å². The van der Waals surface area contributed by atoms with E-state index in [4.69, 9.17) is 23.7 Å². The number of hydrogen-bond acceptors (Lipinski definition) is 12. The van der Waals surface area contributed by atoms with Crippen LogP contribution in [0.5, 0.6) is 0 Å². The summed E-state index contributed by atoms with van der Waals surface area (Å²) >= 11 is 0. The van der Waals surface area contributed by atoms with E-state index in [1.165, 1.54) is 24.3 Å². The Bertz CT molecular complexity index is 1080. The molecular formula is C24H27NO12. The average molecular weight is 521 g/mol. The van der Waals surface area contributed by atoms with Crippen molar-refractivity contribution < 1.29 is 52.6 Å². The van der Waals surface area contributed by atoms with E-state index in [1.54, 1.807) is 6.07 Å². The second kappa shape index (κ2) is 13.3. The molecule has 0 aliphatic carbocycles. The third-order valence-corrected chi connectivity index (χ3v) is 5.03. The van der Waals surface area contributed by atoms with E-state index in [9.17, 15) is 34.1 Å². The Balaban J connectivity index is 2.36. The summed E-state index contributed by atoms with van der Waals surface area (Å²) in [5.74, 6) is -3.52. The number of nitrogens with zero attached hydrogens (tertiary/aromatic N) is 1. The van der Waals surface area contributed by atoms with Crippen molar-refractivity contribution >= 4 is 41.4 Å². The fraction of sp³-hybridized carbons (Fsp3) is 0.458. The van der Waals surface area contributed by atoms with Gasteiger partial charge in [0.25, 0.3) is 5.69 Å². The quantitative estimate of drug-likeness (QED) is 0.143. The van der Waals surface area contributed by atoms with Gasteiger partial charge in [-0.15, -0.1) is 0 Å². The summed E-state index contributed by atoms with van der Waals surface area (Å²) in [5.41, 5.74) is 0.235. The molecule has 1 aliphatic heterocycles. The molecule has 13 nitrogen and oxygen atoms in total. The molecule has 1 aliphatic rings. The molecule has 5 atom stereocenters. The minimum Gasteiger partial charge on any atom is -0.463 e. The van der Waals surface area contributed by atoms with Crippen molar-refractivity contribution in [3.8, 4) is 0 Å². The van der Waals surface area contributed by atoms with Crippen LogP contribution in [-0.2, 0) is 47.7 Å². The summed E-state index contributed by atoms with van der Waals surface area (Å²) in [6, 6.07) is 5.60. The van der Waals surface area contributed by atoms with Crippen LogP contribution in [0.4, 0.5) is 5.69 Å². The zero-order valence-corrected chi connectivity index (χ0v) is 20.6. The Hall–Kier alpha value is -4.13. The molecule has 0 unspecified atom stereocenters. The minimum atomic E-state index is -1.38. The summed E-state index contributed by atoms with van der Waals surface area (Å²) in [4.78, 5) is 70.0. The van der Waals surface area contributed by atoms with Crippen molar-refractivity contribution in [2.24, 2.45) is 0 Å². The number of non-ortho nitro benzene ring substituents is 1. The molecule has 200 valence electrons. The number of benzene rings is 1. The number of ketones is 1. The molecule has 0 radical (unpaired) electrons. The van der Waals surface area contributed by atoms with Crippen LogP contribution >= 0.6 is 0 Å². The van der Waals surface area contributed by atoms with Gasteiger partial charge in [0.15, 0.2) is 24.1 Å². The van der Waals surface area contributed by atoms with E-state index in [2.05, 4.69) is 0 Å². The van der Waals surface area contributed by atoms with Gasteiger partial charge >= 0.3 is 23.9 Å². The first-order chi connectivity index (χ1) is 17.4. The summed E-state index contributed by atoms with van der Waals surface area (Å²) in [6.07, 6.45) is -4.27. The van der Waals surface area contributed by atoms with Gasteiger partial charge in [0.1, 0.15) is 18.8 Å². The van der Waals surface area contributed by atoms with Crippen LogP contribution in [0.2, 0.25) is 0 Å². The second-order valence-electron chi connectivity index (χ2n) is 8.09. The molecule has 0 saturated carbocycles. The molecule has 1 saturated heterocycles. The lowest BCUT2D eigenvalue weighted by atomic mass is 9.91. The van der Waals surface area contributed by atoms with Crippen LogP contribution < -0.4 is 0 Å². The van der Waals surface area contributed by atoms with Crippen LogP contribution in [0, 0.1) is 10.1 Å². The summed E-state index contributed by atoms with van der Waals surface area (Å²) in [7, 11) is 0. The first kappa shape index (κ1) is 29.1. The number of carbonyl (C=O) groups excluding carboxylic acids is 5. The summed E-state index contributed by atoms with van der Waals surface area (Å²) in [6.45, 7) is 4.02. The van der Waals surface area contributed by atoms with Gasteiger partial charge in [0, 0.05) is 46.2 Å². The maximum Gasteiger partial charge on any atom is 0.303 e. The predicted octanol–water partition coefficient (Wildman–Crippen LogP) is 1.69. The zero-order chi connectivity index (χ0) is 27.7. The summed E-state index contributed by atoms with van der Waals surface area (Å²) < 4.78 is 26.8. The van der Waals surface area contributed by atoms with Crippen LogP contribution in [0.25, 0.3) is 6.08 Å². The number of rotatable bonds is 10. The molecule has 1 aromatic rings. The zero-order valence-electron chi connectivity index (χ0n) is 20.6. The molecule has 0 aromatic heterocycles. The van der Waals surface area contributed by atoms with E-state index in [0.29, 0.717) is 5.56 Å². The number of esters is 4. The molecule has 0 N–H and O–H groups in total. The van der Waals surface area contributed by atoms with Gasteiger partial charge in [-0.1, -0.05) is 18.2 Å². The third-order valence-electron chi connectivity index (χ3n) is 5.03. The lowest BCUT2D eigenvalue weighted by molar-refractivity contribution is -0.384. The number of nitro groups is 1. The number of hydrogen-bond donors (Lipinski definition) is 0. The van der Waals surface area contributed by atoms with Gasteiger partial charge in [0.05, 0.1) is 4.92 Å². The Morgan fingerprint density at radius 2 is 1.46 bits per heavy atom. The molecule has 1 heterocycles. The molecular weight excluding hydrogens is 494 g/mol. The van der Waals surface area contributed by atoms with Gasteiger partial charge in [-0.25, -0.2) is 0 Å². The normalized spacial score (nSPS) is 23.1. The highest BCUT2D eigenvalue weighted by Gasteiger charge is 2.52. The van der Waals surface area contributed by atoms with E-state index < -0.39 is 71.7 Å². The van der Waals surface area contributed by atoms with Crippen molar-refractivity contribution in [3.05, 3.63) is 46.0 Å². The highest BCUT2D eigenvalue weighted by atomic mass is 16.7. The van der Waals surface area contributed by atoms with Gasteiger partial charge in [-0.3, -0.25) is 34.1 Å². The fourth-order valence-corrected chi connectivity index (χ4v) is 3.68. The van der Waals surface area contributed by atoms with Crippen LogP contribution in [0.1, 0.15) is 39.7 Å². The topological polar surface area (TPSA) is 175 Å². The Morgan fingerprint density at radius 3 is 2.00 bits per heavy atom. The first-order valence-corrected chi connectivity index (χ1v) is 11.1. The van der Waals surface area contributed by atoms with Crippen LogP contribution in [-0.4, -0.2) is 71.7 Å². The highest BCUT2D eigenvalue weighted by molar-refractivity contribution is 5.94. The van der Waals surface area contributed by atoms with Crippen LogP contribution in [0.3, 0.4) is 0 Å². The van der Waals surface area contributed by atoms with Gasteiger partial charge in [-0.2, -0.15) is 0 Å². The summed E-state index contributed by atoms with van der Waals surface area (Å²) in [5, 5.41) is 11.0. The number of carbonyl (C=O) groups is 5. The Morgan fingerprint density at radius 1 is 0.892 bits per heavy atom. The average Bonchev–Trinajstić information content (AvgIpc) is 2.79. The lowest BCUT2D eigenvalue weighted by Crippen LogP contribution is -2.62. The molecule has 0 bridgehead atoms. The lowest BCUT2D eigenvalue weighted by Gasteiger charge is -2.44. The van der Waals surface area contributed by atoms with Gasteiger partial charge < -0.3 is 23.7 Å². The van der Waals surface area contributed by atoms with Crippen molar-refractivity contribution in [2.75, 3.05) is 6.61 Å². The molecule has 1 fully saturated rings. The first-order valence-electron chi connectivity index (χ1n) is 11.1. The Kier molecular flexibility index (Phi) is 10.4. The van der Waals surface area contributed by atoms with Gasteiger partial charge in [-0.05, 0) is 11.6 Å². The standard InChI is InChI=1S/C24H27NO12/c1-13(26)33-12-21-23(35-15(3)28)24(36-16(4)29)22(34-14(2)27)20(37-21)11-19(30)9-8-17-6-5-7-18(10-17)25(31)32/h5-10,20-24H,11-12H2,1-4H3/b9-8+/t20-,21+,22-,23+,24+/m0/s1. The highest BCUT2D eigenvalue weighted by Crippen LogP contribution is 2.31. The Labute approximate surface area is 211 Å². The van der Waals surface area contributed by atoms with Crippen LogP contribution in [0.15, 0.2) is 30.3 Å². The largest absolute Gasteiger partial charge is 0.463 e. The monoisotopic (exact) mass is 521 g/mol. The van der Waals surface area contributed by atoms with E-state index in [-0.39, 0.29) is 12.1 Å². The van der Waals surface area contributed by atoms with E-state index >= 15 is 0 Å². The van der Waals surface area contributed by atoms with Crippen molar-refractivity contribution in [1.29, 1.82) is 0 Å². The van der Waals surface area contributed by atoms with Crippen molar-refractivity contribution in [2.45, 2.75) is 64.6 Å². The third kappa shape index (κ3) is 9.11. The second-order valence-corrected chi connectivity index (χ2v) is 8.09. The number of nitro benzene ring substituents is 1. The molecule has 0 amide bonds. The predicted molar refractivity (Wildman–Crippen MR) is 124 cm³/mol.